The maximum absolute atomic E-state index is 13.3. The summed E-state index contributed by atoms with van der Waals surface area (Å²) in [5.41, 5.74) is 0.289. The largest absolute Gasteiger partial charge is 0.365 e. The Morgan fingerprint density at radius 1 is 1.15 bits per heavy atom. The molecule has 1 aliphatic heterocycles. The molecule has 1 aromatic carbocycles. The molecule has 4 rings (SSSR count). The third kappa shape index (κ3) is 5.15. The van der Waals surface area contributed by atoms with Gasteiger partial charge in [0.1, 0.15) is 17.2 Å². The first-order valence-corrected chi connectivity index (χ1v) is 11.0. The second-order valence-corrected chi connectivity index (χ2v) is 8.52. The first-order chi connectivity index (χ1) is 16.2. The maximum atomic E-state index is 13.3. The molecule has 1 aliphatic carbocycles. The Balaban J connectivity index is 1.60. The molecule has 2 fully saturated rings. The van der Waals surface area contributed by atoms with Crippen molar-refractivity contribution in [3.63, 3.8) is 0 Å². The van der Waals surface area contributed by atoms with Gasteiger partial charge in [-0.2, -0.15) is 0 Å². The number of amides is 1. The molecule has 2 N–H and O–H groups in total. The van der Waals surface area contributed by atoms with Crippen molar-refractivity contribution in [1.82, 2.24) is 15.3 Å². The molecule has 7 nitrogen and oxygen atoms in total. The van der Waals surface area contributed by atoms with Crippen LogP contribution in [0.15, 0.2) is 18.2 Å². The molecule has 184 valence electrons. The van der Waals surface area contributed by atoms with Crippen LogP contribution in [0, 0.1) is 13.8 Å². The zero-order valence-electron chi connectivity index (χ0n) is 18.8. The van der Waals surface area contributed by atoms with Gasteiger partial charge in [0.05, 0.1) is 30.9 Å². The van der Waals surface area contributed by atoms with E-state index in [4.69, 9.17) is 9.47 Å². The average molecular weight is 482 g/mol. The number of ether oxygens (including phenoxy) is 2. The number of hydrogen-bond acceptors (Lipinski definition) is 6. The molecule has 1 saturated carbocycles. The van der Waals surface area contributed by atoms with E-state index < -0.39 is 30.6 Å². The molecule has 0 unspecified atom stereocenters. The number of nitrogens with one attached hydrogen (secondary N) is 2. The van der Waals surface area contributed by atoms with Crippen molar-refractivity contribution >= 4 is 11.7 Å². The van der Waals surface area contributed by atoms with E-state index in [2.05, 4.69) is 20.6 Å². The van der Waals surface area contributed by atoms with Gasteiger partial charge in [-0.25, -0.2) is 27.5 Å². The monoisotopic (exact) mass is 482 g/mol. The lowest BCUT2D eigenvalue weighted by Gasteiger charge is -2.21. The molecule has 1 aromatic heterocycles. The maximum Gasteiger partial charge on any atom is 0.264 e. The van der Waals surface area contributed by atoms with Crippen LogP contribution < -0.4 is 10.6 Å². The van der Waals surface area contributed by atoms with Crippen LogP contribution in [0.2, 0.25) is 0 Å². The molecular weight excluding hydrogens is 456 g/mol. The predicted molar refractivity (Wildman–Crippen MR) is 115 cm³/mol. The van der Waals surface area contributed by atoms with E-state index >= 15 is 0 Å². The second kappa shape index (κ2) is 9.83. The second-order valence-electron chi connectivity index (χ2n) is 8.52. The molecule has 1 saturated heterocycles. The highest BCUT2D eigenvalue weighted by Crippen LogP contribution is 2.41. The van der Waals surface area contributed by atoms with Crippen LogP contribution in [0.4, 0.5) is 23.4 Å². The van der Waals surface area contributed by atoms with Crippen LogP contribution in [0.5, 0.6) is 0 Å². The summed E-state index contributed by atoms with van der Waals surface area (Å²) in [4.78, 5) is 21.4. The Bertz CT molecular complexity index is 1060. The number of alkyl halides is 4. The minimum atomic E-state index is -2.64. The van der Waals surface area contributed by atoms with E-state index in [1.54, 1.807) is 26.0 Å². The summed E-state index contributed by atoms with van der Waals surface area (Å²) in [5, 5.41) is 5.57. The minimum Gasteiger partial charge on any atom is -0.365 e. The number of aromatic nitrogens is 2. The van der Waals surface area contributed by atoms with Gasteiger partial charge in [0.15, 0.2) is 6.29 Å². The SMILES string of the molecule is Cc1nc(CC(=O)NC2(C(F)F)CC2)c(C2OCCO2)c(NCc2cccc(C(F)F)c2C)n1. The normalized spacial score (nSPS) is 17.4. The number of anilines is 1. The van der Waals surface area contributed by atoms with Gasteiger partial charge in [-0.05, 0) is 37.8 Å². The summed E-state index contributed by atoms with van der Waals surface area (Å²) in [6, 6.07) is 4.68. The number of hydrogen-bond donors (Lipinski definition) is 2. The van der Waals surface area contributed by atoms with Gasteiger partial charge >= 0.3 is 0 Å². The van der Waals surface area contributed by atoms with Crippen LogP contribution in [-0.2, 0) is 27.2 Å². The van der Waals surface area contributed by atoms with Gasteiger partial charge in [-0.3, -0.25) is 4.79 Å². The number of nitrogens with zero attached hydrogens (tertiary/aromatic N) is 2. The van der Waals surface area contributed by atoms with E-state index in [0.29, 0.717) is 47.2 Å². The summed E-state index contributed by atoms with van der Waals surface area (Å²) in [6.07, 6.45) is -5.89. The van der Waals surface area contributed by atoms with Crippen molar-refractivity contribution in [2.24, 2.45) is 0 Å². The number of halogens is 4. The summed E-state index contributed by atoms with van der Waals surface area (Å²) < 4.78 is 64.3. The predicted octanol–water partition coefficient (Wildman–Crippen LogP) is 4.14. The highest BCUT2D eigenvalue weighted by Gasteiger charge is 2.52. The van der Waals surface area contributed by atoms with Crippen LogP contribution >= 0.6 is 0 Å². The Morgan fingerprint density at radius 3 is 2.47 bits per heavy atom. The third-order valence-corrected chi connectivity index (χ3v) is 6.09. The molecule has 34 heavy (non-hydrogen) atoms. The number of carbonyl (C=O) groups excluding carboxylic acids is 1. The van der Waals surface area contributed by atoms with E-state index in [9.17, 15) is 22.4 Å². The quantitative estimate of drug-likeness (QED) is 0.523. The van der Waals surface area contributed by atoms with Crippen molar-refractivity contribution in [2.45, 2.75) is 64.3 Å². The summed E-state index contributed by atoms with van der Waals surface area (Å²) in [6.45, 7) is 4.10. The van der Waals surface area contributed by atoms with Crippen molar-refractivity contribution in [1.29, 1.82) is 0 Å². The zero-order valence-corrected chi connectivity index (χ0v) is 18.8. The van der Waals surface area contributed by atoms with E-state index in [1.165, 1.54) is 6.07 Å². The summed E-state index contributed by atoms with van der Waals surface area (Å²) in [7, 11) is 0. The van der Waals surface area contributed by atoms with Crippen LogP contribution in [-0.4, -0.2) is 41.1 Å². The first-order valence-electron chi connectivity index (χ1n) is 11.0. The Hall–Kier alpha value is -2.79. The van der Waals surface area contributed by atoms with Crippen LogP contribution in [0.3, 0.4) is 0 Å². The Kier molecular flexibility index (Phi) is 7.04. The van der Waals surface area contributed by atoms with Gasteiger partial charge in [-0.15, -0.1) is 0 Å². The molecule has 1 amide bonds. The van der Waals surface area contributed by atoms with Gasteiger partial charge < -0.3 is 20.1 Å². The molecule has 0 atom stereocenters. The highest BCUT2D eigenvalue weighted by molar-refractivity contribution is 5.80. The van der Waals surface area contributed by atoms with Gasteiger partial charge in [0.25, 0.3) is 12.9 Å². The lowest BCUT2D eigenvalue weighted by atomic mass is 10.0. The fraction of sp³-hybridized carbons (Fsp3) is 0.522. The molecule has 0 spiro atoms. The molecule has 2 heterocycles. The number of benzene rings is 1. The number of aryl methyl sites for hydroxylation is 1. The molecular formula is C23H26F4N4O3. The fourth-order valence-corrected chi connectivity index (χ4v) is 4.00. The smallest absolute Gasteiger partial charge is 0.264 e. The summed E-state index contributed by atoms with van der Waals surface area (Å²) >= 11 is 0. The van der Waals surface area contributed by atoms with Crippen LogP contribution in [0.25, 0.3) is 0 Å². The topological polar surface area (TPSA) is 85.4 Å². The van der Waals surface area contributed by atoms with E-state index in [1.807, 2.05) is 0 Å². The van der Waals surface area contributed by atoms with Crippen molar-refractivity contribution in [2.75, 3.05) is 18.5 Å². The molecule has 2 aromatic rings. The molecule has 11 heteroatoms. The third-order valence-electron chi connectivity index (χ3n) is 6.09. The van der Waals surface area contributed by atoms with Crippen molar-refractivity contribution in [3.8, 4) is 0 Å². The van der Waals surface area contributed by atoms with Gasteiger partial charge in [0.2, 0.25) is 5.91 Å². The number of carbonyl (C=O) groups is 1. The van der Waals surface area contributed by atoms with Crippen molar-refractivity contribution < 1.29 is 31.8 Å². The fourth-order valence-electron chi connectivity index (χ4n) is 4.00. The lowest BCUT2D eigenvalue weighted by molar-refractivity contribution is -0.122. The molecule has 0 radical (unpaired) electrons. The van der Waals surface area contributed by atoms with E-state index in [0.717, 1.165) is 0 Å². The van der Waals surface area contributed by atoms with Gasteiger partial charge in [-0.1, -0.05) is 18.2 Å². The molecule has 0 bridgehead atoms. The van der Waals surface area contributed by atoms with Crippen LogP contribution in [0.1, 0.15) is 59.3 Å². The Labute approximate surface area is 194 Å². The van der Waals surface area contributed by atoms with Crippen molar-refractivity contribution in [3.05, 3.63) is 52.0 Å². The lowest BCUT2D eigenvalue weighted by Crippen LogP contribution is -2.43. The first kappa shape index (κ1) is 24.3. The Morgan fingerprint density at radius 2 is 1.85 bits per heavy atom. The highest BCUT2D eigenvalue weighted by atomic mass is 19.3. The minimum absolute atomic E-state index is 0.0498. The average Bonchev–Trinajstić information content (AvgIpc) is 3.35. The van der Waals surface area contributed by atoms with Gasteiger partial charge in [0, 0.05) is 12.1 Å². The number of rotatable bonds is 9. The molecule has 2 aliphatic rings. The summed E-state index contributed by atoms with van der Waals surface area (Å²) in [5.74, 6) is 0.0979. The van der Waals surface area contributed by atoms with E-state index in [-0.39, 0.29) is 31.4 Å². The standard InChI is InChI=1S/C23H26F4N4O3/c1-12-14(4-3-5-15(12)19(24)25)11-28-20-18(21-33-8-9-34-21)16(29-13(2)30-20)10-17(32)31-23(6-7-23)22(26)27/h3-5,19,21-22H,6-11H2,1-2H3,(H,31,32)(H,28,29,30). The zero-order chi connectivity index (χ0) is 24.5.